The van der Waals surface area contributed by atoms with Gasteiger partial charge in [0.2, 0.25) is 5.91 Å². The molecular formula is C19H26FN3O2. The number of amides is 3. The largest absolute Gasteiger partial charge is 0.338 e. The van der Waals surface area contributed by atoms with Crippen LogP contribution in [0.4, 0.5) is 9.18 Å². The van der Waals surface area contributed by atoms with Gasteiger partial charge in [-0.15, -0.1) is 0 Å². The highest BCUT2D eigenvalue weighted by Crippen LogP contribution is 2.19. The number of hydrogen-bond acceptors (Lipinski definition) is 3. The van der Waals surface area contributed by atoms with Crippen molar-refractivity contribution in [3.8, 4) is 0 Å². The van der Waals surface area contributed by atoms with Gasteiger partial charge in [-0.3, -0.25) is 15.0 Å². The molecule has 0 saturated carbocycles. The van der Waals surface area contributed by atoms with Crippen molar-refractivity contribution in [2.75, 3.05) is 26.2 Å². The third kappa shape index (κ3) is 7.05. The zero-order chi connectivity index (χ0) is 18.2. The van der Waals surface area contributed by atoms with Gasteiger partial charge in [0.15, 0.2) is 0 Å². The van der Waals surface area contributed by atoms with Crippen LogP contribution in [0.3, 0.4) is 0 Å². The predicted molar refractivity (Wildman–Crippen MR) is 96.4 cm³/mol. The molecule has 1 heterocycles. The highest BCUT2D eigenvalue weighted by Gasteiger charge is 2.17. The number of urea groups is 1. The van der Waals surface area contributed by atoms with Crippen molar-refractivity contribution in [3.63, 3.8) is 0 Å². The average molecular weight is 347 g/mol. The summed E-state index contributed by atoms with van der Waals surface area (Å²) in [5.41, 5.74) is 2.11. The van der Waals surface area contributed by atoms with Crippen molar-refractivity contribution in [3.05, 3.63) is 41.2 Å². The van der Waals surface area contributed by atoms with Crippen molar-refractivity contribution < 1.29 is 14.0 Å². The second kappa shape index (κ2) is 9.32. The molecule has 136 valence electrons. The van der Waals surface area contributed by atoms with Crippen molar-refractivity contribution in [2.45, 2.75) is 26.7 Å². The molecule has 0 aromatic heterocycles. The number of nitrogens with zero attached hydrogens (tertiary/aromatic N) is 1. The summed E-state index contributed by atoms with van der Waals surface area (Å²) in [6.45, 7) is 6.24. The van der Waals surface area contributed by atoms with Gasteiger partial charge in [-0.05, 0) is 36.5 Å². The van der Waals surface area contributed by atoms with Crippen molar-refractivity contribution in [1.29, 1.82) is 0 Å². The summed E-state index contributed by atoms with van der Waals surface area (Å²) in [6, 6.07) is 6.09. The Kier molecular flexibility index (Phi) is 7.13. The SMILES string of the molecule is CC(C)CNC(=O)NC(=O)CN1CCC(=Cc2cccc(F)c2)CC1. The zero-order valence-electron chi connectivity index (χ0n) is 14.8. The fourth-order valence-corrected chi connectivity index (χ4v) is 2.69. The van der Waals surface area contributed by atoms with E-state index < -0.39 is 6.03 Å². The van der Waals surface area contributed by atoms with Gasteiger partial charge in [0.05, 0.1) is 6.54 Å². The fraction of sp³-hybridized carbons (Fsp3) is 0.474. The number of halogens is 1. The highest BCUT2D eigenvalue weighted by atomic mass is 19.1. The molecule has 0 unspecified atom stereocenters. The van der Waals surface area contributed by atoms with E-state index in [-0.39, 0.29) is 18.3 Å². The molecule has 0 radical (unpaired) electrons. The summed E-state index contributed by atoms with van der Waals surface area (Å²) >= 11 is 0. The fourth-order valence-electron chi connectivity index (χ4n) is 2.69. The number of hydrogen-bond donors (Lipinski definition) is 2. The van der Waals surface area contributed by atoms with E-state index in [1.165, 1.54) is 17.7 Å². The van der Waals surface area contributed by atoms with Gasteiger partial charge in [-0.1, -0.05) is 37.6 Å². The average Bonchev–Trinajstić information content (AvgIpc) is 2.55. The number of carbonyl (C=O) groups excluding carboxylic acids is 2. The molecule has 2 rings (SSSR count). The molecule has 0 spiro atoms. The van der Waals surface area contributed by atoms with Gasteiger partial charge in [-0.25, -0.2) is 9.18 Å². The lowest BCUT2D eigenvalue weighted by molar-refractivity contribution is -0.121. The Morgan fingerprint density at radius 2 is 2.00 bits per heavy atom. The Hall–Kier alpha value is -2.21. The molecule has 1 aliphatic rings. The van der Waals surface area contributed by atoms with Crippen LogP contribution in [0.5, 0.6) is 0 Å². The van der Waals surface area contributed by atoms with Crippen LogP contribution < -0.4 is 10.6 Å². The van der Waals surface area contributed by atoms with E-state index in [0.717, 1.165) is 31.5 Å². The van der Waals surface area contributed by atoms with E-state index in [9.17, 15) is 14.0 Å². The van der Waals surface area contributed by atoms with E-state index in [4.69, 9.17) is 0 Å². The Bertz CT molecular complexity index is 633. The maximum absolute atomic E-state index is 13.2. The molecule has 1 aliphatic heterocycles. The molecule has 1 saturated heterocycles. The number of rotatable bonds is 5. The topological polar surface area (TPSA) is 61.4 Å². The van der Waals surface area contributed by atoms with Gasteiger partial charge >= 0.3 is 6.03 Å². The van der Waals surface area contributed by atoms with Crippen LogP contribution in [0.25, 0.3) is 6.08 Å². The minimum Gasteiger partial charge on any atom is -0.338 e. The van der Waals surface area contributed by atoms with Crippen molar-refractivity contribution in [2.24, 2.45) is 5.92 Å². The number of piperidine rings is 1. The van der Waals surface area contributed by atoms with Gasteiger partial charge in [0.1, 0.15) is 5.82 Å². The van der Waals surface area contributed by atoms with Crippen LogP contribution in [0.15, 0.2) is 29.8 Å². The van der Waals surface area contributed by atoms with Crippen LogP contribution in [0, 0.1) is 11.7 Å². The quantitative estimate of drug-likeness (QED) is 0.861. The first-order chi connectivity index (χ1) is 11.9. The second-order valence-corrected chi connectivity index (χ2v) is 6.79. The summed E-state index contributed by atoms with van der Waals surface area (Å²) in [4.78, 5) is 25.5. The van der Waals surface area contributed by atoms with Crippen molar-refractivity contribution in [1.82, 2.24) is 15.5 Å². The number of benzene rings is 1. The van der Waals surface area contributed by atoms with Crippen LogP contribution in [0.1, 0.15) is 32.3 Å². The lowest BCUT2D eigenvalue weighted by atomic mass is 10.0. The lowest BCUT2D eigenvalue weighted by Gasteiger charge is -2.27. The normalized spacial score (nSPS) is 15.1. The Labute approximate surface area is 148 Å². The molecule has 3 amide bonds. The second-order valence-electron chi connectivity index (χ2n) is 6.79. The summed E-state index contributed by atoms with van der Waals surface area (Å²) < 4.78 is 13.2. The van der Waals surface area contributed by atoms with Crippen LogP contribution in [0.2, 0.25) is 0 Å². The summed E-state index contributed by atoms with van der Waals surface area (Å²) in [5, 5.41) is 5.01. The third-order valence-corrected chi connectivity index (χ3v) is 4.01. The molecule has 1 aromatic carbocycles. The third-order valence-electron chi connectivity index (χ3n) is 4.01. The van der Waals surface area contributed by atoms with Crippen LogP contribution >= 0.6 is 0 Å². The highest BCUT2D eigenvalue weighted by molar-refractivity contribution is 5.95. The molecule has 5 nitrogen and oxygen atoms in total. The Morgan fingerprint density at radius 3 is 2.64 bits per heavy atom. The molecule has 1 fully saturated rings. The smallest absolute Gasteiger partial charge is 0.321 e. The number of imide groups is 1. The summed E-state index contributed by atoms with van der Waals surface area (Å²) in [7, 11) is 0. The van der Waals surface area contributed by atoms with Crippen LogP contribution in [-0.4, -0.2) is 43.0 Å². The number of likely N-dealkylation sites (tertiary alicyclic amines) is 1. The molecule has 0 atom stereocenters. The molecule has 1 aromatic rings. The molecule has 0 aliphatic carbocycles. The van der Waals surface area contributed by atoms with Gasteiger partial charge in [0, 0.05) is 19.6 Å². The maximum atomic E-state index is 13.2. The minimum absolute atomic E-state index is 0.211. The number of carbonyl (C=O) groups is 2. The van der Waals surface area contributed by atoms with Gasteiger partial charge in [-0.2, -0.15) is 0 Å². The molecule has 0 bridgehead atoms. The molecule has 6 heteroatoms. The van der Waals surface area contributed by atoms with E-state index >= 15 is 0 Å². The molecular weight excluding hydrogens is 321 g/mol. The van der Waals surface area contributed by atoms with E-state index in [1.54, 1.807) is 6.07 Å². The maximum Gasteiger partial charge on any atom is 0.321 e. The Balaban J connectivity index is 1.74. The first-order valence-electron chi connectivity index (χ1n) is 8.67. The standard InChI is InChI=1S/C19H26FN3O2/c1-14(2)12-21-19(25)22-18(24)13-23-8-6-15(7-9-23)10-16-4-3-5-17(20)11-16/h3-5,10-11,14H,6-9,12-13H2,1-2H3,(H2,21,22,24,25). The minimum atomic E-state index is -0.442. The van der Waals surface area contributed by atoms with E-state index in [0.29, 0.717) is 12.5 Å². The monoisotopic (exact) mass is 347 g/mol. The van der Waals surface area contributed by atoms with Crippen LogP contribution in [-0.2, 0) is 4.79 Å². The molecule has 2 N–H and O–H groups in total. The van der Waals surface area contributed by atoms with Gasteiger partial charge in [0.25, 0.3) is 0 Å². The lowest BCUT2D eigenvalue weighted by Crippen LogP contribution is -2.46. The summed E-state index contributed by atoms with van der Waals surface area (Å²) in [5.74, 6) is -0.190. The first kappa shape index (κ1) is 19.1. The zero-order valence-corrected chi connectivity index (χ0v) is 14.8. The Morgan fingerprint density at radius 1 is 1.28 bits per heavy atom. The van der Waals surface area contributed by atoms with E-state index in [1.807, 2.05) is 30.9 Å². The number of nitrogens with one attached hydrogen (secondary N) is 2. The van der Waals surface area contributed by atoms with Crippen molar-refractivity contribution >= 4 is 18.0 Å². The van der Waals surface area contributed by atoms with Gasteiger partial charge < -0.3 is 5.32 Å². The predicted octanol–water partition coefficient (Wildman–Crippen LogP) is 2.79. The van der Waals surface area contributed by atoms with E-state index in [2.05, 4.69) is 10.6 Å². The summed E-state index contributed by atoms with van der Waals surface area (Å²) in [6.07, 6.45) is 3.69. The first-order valence-corrected chi connectivity index (χ1v) is 8.67. The molecule has 25 heavy (non-hydrogen) atoms.